The maximum absolute atomic E-state index is 11.0. The van der Waals surface area contributed by atoms with Crippen LogP contribution >= 0.6 is 11.8 Å². The van der Waals surface area contributed by atoms with Gasteiger partial charge < -0.3 is 4.74 Å². The first-order valence-electron chi connectivity index (χ1n) is 4.73. The number of thioether (sulfide) groups is 1. The van der Waals surface area contributed by atoms with Gasteiger partial charge in [0.2, 0.25) is 0 Å². The lowest BCUT2D eigenvalue weighted by Crippen LogP contribution is -2.29. The van der Waals surface area contributed by atoms with Crippen molar-refractivity contribution < 1.29 is 9.53 Å². The Morgan fingerprint density at radius 3 is 2.93 bits per heavy atom. The van der Waals surface area contributed by atoms with Crippen LogP contribution in [0, 0.1) is 0 Å². The Bertz CT molecular complexity index is 384. The monoisotopic (exact) mass is 223 g/mol. The van der Waals surface area contributed by atoms with Gasteiger partial charge in [0.1, 0.15) is 6.61 Å². The minimum absolute atomic E-state index is 0.0118. The Morgan fingerprint density at radius 1 is 1.47 bits per heavy atom. The van der Waals surface area contributed by atoms with Crippen molar-refractivity contribution in [3.05, 3.63) is 35.6 Å². The molecule has 0 radical (unpaired) electrons. The van der Waals surface area contributed by atoms with E-state index in [2.05, 4.69) is 30.6 Å². The number of allylic oxidation sites excluding steroid dienone is 1. The average molecular weight is 223 g/mol. The van der Waals surface area contributed by atoms with Crippen LogP contribution in [-0.2, 0) is 4.74 Å². The van der Waals surface area contributed by atoms with Crippen molar-refractivity contribution in [1.82, 2.24) is 5.32 Å². The topological polar surface area (TPSA) is 38.3 Å². The number of rotatable bonds is 1. The molecule has 3 nitrogen and oxygen atoms in total. The second-order valence-corrected chi connectivity index (χ2v) is 4.98. The van der Waals surface area contributed by atoms with Gasteiger partial charge in [-0.15, -0.1) is 0 Å². The van der Waals surface area contributed by atoms with Gasteiger partial charge in [0.15, 0.2) is 0 Å². The normalized spacial score (nSPS) is 29.3. The molecule has 2 rings (SSSR count). The molecule has 2 aliphatic rings. The van der Waals surface area contributed by atoms with Crippen LogP contribution in [0.25, 0.3) is 0 Å². The van der Waals surface area contributed by atoms with Crippen LogP contribution in [-0.4, -0.2) is 23.7 Å². The summed E-state index contributed by atoms with van der Waals surface area (Å²) >= 11 is 1.75. The van der Waals surface area contributed by atoms with E-state index in [1.165, 1.54) is 0 Å². The fourth-order valence-corrected chi connectivity index (χ4v) is 1.85. The number of hydrogen-bond acceptors (Lipinski definition) is 3. The summed E-state index contributed by atoms with van der Waals surface area (Å²) in [5.41, 5.74) is 1.86. The SMILES string of the molecule is CSC1(C)C=CC2=C(C=C1)NC(=O)OC2. The van der Waals surface area contributed by atoms with Crippen LogP contribution in [0.2, 0.25) is 0 Å². The molecule has 0 aromatic rings. The molecule has 15 heavy (non-hydrogen) atoms. The molecule has 0 aromatic carbocycles. The first-order valence-corrected chi connectivity index (χ1v) is 5.96. The van der Waals surface area contributed by atoms with Crippen molar-refractivity contribution in [3.8, 4) is 0 Å². The second kappa shape index (κ2) is 3.77. The second-order valence-electron chi connectivity index (χ2n) is 3.69. The van der Waals surface area contributed by atoms with E-state index in [1.807, 2.05) is 12.2 Å². The predicted molar refractivity (Wildman–Crippen MR) is 61.7 cm³/mol. The summed E-state index contributed by atoms with van der Waals surface area (Å²) in [4.78, 5) is 11.0. The molecule has 0 fully saturated rings. The van der Waals surface area contributed by atoms with Crippen molar-refractivity contribution in [2.24, 2.45) is 0 Å². The Kier molecular flexibility index (Phi) is 2.61. The van der Waals surface area contributed by atoms with Crippen molar-refractivity contribution in [2.45, 2.75) is 11.7 Å². The maximum Gasteiger partial charge on any atom is 0.411 e. The Morgan fingerprint density at radius 2 is 2.20 bits per heavy atom. The van der Waals surface area contributed by atoms with Gasteiger partial charge in [-0.2, -0.15) is 11.8 Å². The lowest BCUT2D eigenvalue weighted by molar-refractivity contribution is 0.154. The van der Waals surface area contributed by atoms with Gasteiger partial charge in [0, 0.05) is 10.3 Å². The number of carbonyl (C=O) groups is 1. The highest BCUT2D eigenvalue weighted by Crippen LogP contribution is 2.29. The highest BCUT2D eigenvalue weighted by atomic mass is 32.2. The van der Waals surface area contributed by atoms with Crippen LogP contribution in [0.5, 0.6) is 0 Å². The first-order chi connectivity index (χ1) is 7.13. The zero-order chi connectivity index (χ0) is 10.9. The van der Waals surface area contributed by atoms with E-state index >= 15 is 0 Å². The lowest BCUT2D eigenvalue weighted by Gasteiger charge is -2.17. The molecular formula is C11H13NO2S. The number of carbonyl (C=O) groups excluding carboxylic acids is 1. The number of alkyl carbamates (subject to hydrolysis) is 1. The van der Waals surface area contributed by atoms with Gasteiger partial charge in [-0.3, -0.25) is 5.32 Å². The van der Waals surface area contributed by atoms with E-state index in [9.17, 15) is 4.79 Å². The van der Waals surface area contributed by atoms with Crippen LogP contribution in [0.15, 0.2) is 35.6 Å². The van der Waals surface area contributed by atoms with Gasteiger partial charge in [0.25, 0.3) is 0 Å². The molecule has 0 aromatic heterocycles. The van der Waals surface area contributed by atoms with E-state index in [-0.39, 0.29) is 10.8 Å². The van der Waals surface area contributed by atoms with Crippen molar-refractivity contribution in [3.63, 3.8) is 0 Å². The standard InChI is InChI=1S/C11H13NO2S/c1-11(15-2)5-3-8-7-14-10(13)12-9(8)4-6-11/h3-6H,7H2,1-2H3,(H,12,13). The third-order valence-corrected chi connectivity index (χ3v) is 3.73. The largest absolute Gasteiger partial charge is 0.444 e. The molecule has 1 aliphatic heterocycles. The molecule has 0 spiro atoms. The van der Waals surface area contributed by atoms with Crippen molar-refractivity contribution in [2.75, 3.05) is 12.9 Å². The smallest absolute Gasteiger partial charge is 0.411 e. The molecule has 4 heteroatoms. The van der Waals surface area contributed by atoms with Gasteiger partial charge in [-0.1, -0.05) is 18.2 Å². The fraction of sp³-hybridized carbons (Fsp3) is 0.364. The van der Waals surface area contributed by atoms with E-state index in [0.717, 1.165) is 11.3 Å². The quantitative estimate of drug-likeness (QED) is 0.740. The molecule has 1 unspecified atom stereocenters. The Labute approximate surface area is 93.3 Å². The fourth-order valence-electron chi connectivity index (χ4n) is 1.44. The van der Waals surface area contributed by atoms with Gasteiger partial charge >= 0.3 is 6.09 Å². The third-order valence-electron chi connectivity index (χ3n) is 2.58. The number of amides is 1. The van der Waals surface area contributed by atoms with E-state index < -0.39 is 0 Å². The van der Waals surface area contributed by atoms with Gasteiger partial charge in [-0.25, -0.2) is 4.79 Å². The highest BCUT2D eigenvalue weighted by Gasteiger charge is 2.22. The minimum Gasteiger partial charge on any atom is -0.444 e. The first kappa shape index (κ1) is 10.4. The molecular weight excluding hydrogens is 210 g/mol. The molecule has 0 saturated carbocycles. The number of ether oxygens (including phenoxy) is 1. The van der Waals surface area contributed by atoms with E-state index in [0.29, 0.717) is 6.61 Å². The summed E-state index contributed by atoms with van der Waals surface area (Å²) in [5.74, 6) is 0. The molecule has 1 heterocycles. The maximum atomic E-state index is 11.0. The van der Waals surface area contributed by atoms with Gasteiger partial charge in [0.05, 0.1) is 5.70 Å². The molecule has 1 aliphatic carbocycles. The summed E-state index contributed by atoms with van der Waals surface area (Å²) in [7, 11) is 0. The van der Waals surface area contributed by atoms with Crippen LogP contribution < -0.4 is 5.32 Å². The molecule has 0 saturated heterocycles. The minimum atomic E-state index is -0.375. The number of nitrogens with one attached hydrogen (secondary N) is 1. The van der Waals surface area contributed by atoms with Crippen molar-refractivity contribution >= 4 is 17.9 Å². The summed E-state index contributed by atoms with van der Waals surface area (Å²) < 4.78 is 4.89. The summed E-state index contributed by atoms with van der Waals surface area (Å²) in [6.07, 6.45) is 9.87. The van der Waals surface area contributed by atoms with E-state index in [1.54, 1.807) is 11.8 Å². The predicted octanol–water partition coefficient (Wildman–Crippen LogP) is 2.23. The zero-order valence-electron chi connectivity index (χ0n) is 8.74. The van der Waals surface area contributed by atoms with E-state index in [4.69, 9.17) is 4.74 Å². The highest BCUT2D eigenvalue weighted by molar-refractivity contribution is 8.00. The van der Waals surface area contributed by atoms with Crippen molar-refractivity contribution in [1.29, 1.82) is 0 Å². The van der Waals surface area contributed by atoms with Crippen LogP contribution in [0.4, 0.5) is 4.79 Å². The molecule has 0 bridgehead atoms. The summed E-state index contributed by atoms with van der Waals surface area (Å²) in [5, 5.41) is 2.69. The number of hydrogen-bond donors (Lipinski definition) is 1. The van der Waals surface area contributed by atoms with Crippen LogP contribution in [0.3, 0.4) is 0 Å². The molecule has 1 atom stereocenters. The summed E-state index contributed by atoms with van der Waals surface area (Å²) in [6.45, 7) is 2.48. The van der Waals surface area contributed by atoms with Crippen LogP contribution in [0.1, 0.15) is 6.92 Å². The lowest BCUT2D eigenvalue weighted by atomic mass is 10.1. The molecule has 1 N–H and O–H groups in total. The van der Waals surface area contributed by atoms with Gasteiger partial charge in [-0.05, 0) is 19.3 Å². The summed E-state index contributed by atoms with van der Waals surface area (Å²) in [6, 6.07) is 0. The number of cyclic esters (lactones) is 1. The molecule has 1 amide bonds. The molecule has 80 valence electrons. The Hall–Kier alpha value is -1.16. The third kappa shape index (κ3) is 2.09. The zero-order valence-corrected chi connectivity index (χ0v) is 9.56. The Balaban J connectivity index is 2.31. The average Bonchev–Trinajstić information content (AvgIpc) is 2.40.